The van der Waals surface area contributed by atoms with Gasteiger partial charge in [-0.15, -0.1) is 0 Å². The Kier molecular flexibility index (Phi) is 5.20. The van der Waals surface area contributed by atoms with Gasteiger partial charge in [-0.05, 0) is 45.3 Å². The van der Waals surface area contributed by atoms with Crippen LogP contribution in [0.3, 0.4) is 0 Å². The normalized spacial score (nSPS) is 29.1. The van der Waals surface area contributed by atoms with Crippen molar-refractivity contribution in [2.45, 2.75) is 25.2 Å². The van der Waals surface area contributed by atoms with Crippen LogP contribution in [0.2, 0.25) is 0 Å². The van der Waals surface area contributed by atoms with Gasteiger partial charge < -0.3 is 19.8 Å². The Labute approximate surface area is 150 Å². The van der Waals surface area contributed by atoms with Crippen molar-refractivity contribution in [1.29, 1.82) is 0 Å². The molecule has 1 aromatic rings. The Hall–Kier alpha value is -1.24. The van der Waals surface area contributed by atoms with Gasteiger partial charge in [-0.1, -0.05) is 0 Å². The van der Waals surface area contributed by atoms with Crippen LogP contribution < -0.4 is 4.90 Å². The van der Waals surface area contributed by atoms with Gasteiger partial charge in [0, 0.05) is 62.9 Å². The lowest BCUT2D eigenvalue weighted by atomic mass is 9.96. The Bertz CT molecular complexity index is 579. The largest absolute Gasteiger partial charge is 0.396 e. The minimum Gasteiger partial charge on any atom is -0.396 e. The van der Waals surface area contributed by atoms with E-state index < -0.39 is 0 Å². The lowest BCUT2D eigenvalue weighted by molar-refractivity contribution is 0.165. The number of rotatable bonds is 5. The Balaban J connectivity index is 1.40. The maximum Gasteiger partial charge on any atom is 0.132 e. The summed E-state index contributed by atoms with van der Waals surface area (Å²) >= 11 is 0. The summed E-state index contributed by atoms with van der Waals surface area (Å²) in [5, 5.41) is 9.89. The van der Waals surface area contributed by atoms with Crippen molar-refractivity contribution >= 4 is 5.82 Å². The van der Waals surface area contributed by atoms with E-state index in [0.717, 1.165) is 38.5 Å². The van der Waals surface area contributed by atoms with Gasteiger partial charge in [0.25, 0.3) is 0 Å². The molecule has 1 aromatic heterocycles. The highest BCUT2D eigenvalue weighted by atomic mass is 16.3. The molecule has 0 spiro atoms. The fraction of sp³-hybridized carbons (Fsp3) is 0.789. The van der Waals surface area contributed by atoms with Gasteiger partial charge in [-0.3, -0.25) is 0 Å². The number of aliphatic hydroxyl groups is 1. The van der Waals surface area contributed by atoms with Crippen molar-refractivity contribution in [1.82, 2.24) is 19.8 Å². The van der Waals surface area contributed by atoms with Crippen LogP contribution in [0.15, 0.2) is 12.4 Å². The Morgan fingerprint density at radius 2 is 1.92 bits per heavy atom. The maximum atomic E-state index is 9.89. The summed E-state index contributed by atoms with van der Waals surface area (Å²) in [6, 6.07) is 2.18. The van der Waals surface area contributed by atoms with Crippen LogP contribution in [-0.4, -0.2) is 84.3 Å². The SMILES string of the molecule is CN1CCCN(C[C@@H]2CN(c3cc(C4CC4)ncn3)C[C@@H]2CO)CC1. The van der Waals surface area contributed by atoms with Gasteiger partial charge in [0.1, 0.15) is 12.1 Å². The second-order valence-corrected chi connectivity index (χ2v) is 8.14. The van der Waals surface area contributed by atoms with E-state index in [-0.39, 0.29) is 6.61 Å². The van der Waals surface area contributed by atoms with Crippen molar-refractivity contribution in [2.75, 3.05) is 64.4 Å². The molecule has 0 amide bonds. The van der Waals surface area contributed by atoms with Crippen LogP contribution in [0, 0.1) is 11.8 Å². The van der Waals surface area contributed by atoms with Crippen LogP contribution in [0.4, 0.5) is 5.82 Å². The molecule has 25 heavy (non-hydrogen) atoms. The fourth-order valence-corrected chi connectivity index (χ4v) is 4.29. The zero-order valence-electron chi connectivity index (χ0n) is 15.3. The first-order chi connectivity index (χ1) is 12.2. The topological polar surface area (TPSA) is 55.7 Å². The third-order valence-corrected chi connectivity index (χ3v) is 6.11. The average molecular weight is 345 g/mol. The number of aromatic nitrogens is 2. The van der Waals surface area contributed by atoms with Gasteiger partial charge >= 0.3 is 0 Å². The summed E-state index contributed by atoms with van der Waals surface area (Å²) in [6.07, 6.45) is 5.49. The van der Waals surface area contributed by atoms with Crippen LogP contribution >= 0.6 is 0 Å². The number of nitrogens with zero attached hydrogens (tertiary/aromatic N) is 5. The van der Waals surface area contributed by atoms with Gasteiger partial charge in [0.15, 0.2) is 0 Å². The molecule has 2 saturated heterocycles. The predicted molar refractivity (Wildman–Crippen MR) is 98.8 cm³/mol. The molecule has 138 valence electrons. The first kappa shape index (κ1) is 17.2. The highest BCUT2D eigenvalue weighted by Crippen LogP contribution is 2.40. The predicted octanol–water partition coefficient (Wildman–Crippen LogP) is 1.04. The minimum absolute atomic E-state index is 0.273. The lowest BCUT2D eigenvalue weighted by Crippen LogP contribution is -2.36. The monoisotopic (exact) mass is 345 g/mol. The van der Waals surface area contributed by atoms with Crippen LogP contribution in [-0.2, 0) is 0 Å². The number of hydrogen-bond donors (Lipinski definition) is 1. The second-order valence-electron chi connectivity index (χ2n) is 8.14. The quantitative estimate of drug-likeness (QED) is 0.860. The first-order valence-electron chi connectivity index (χ1n) is 9.81. The van der Waals surface area contributed by atoms with Crippen molar-refractivity contribution < 1.29 is 5.11 Å². The molecule has 4 rings (SSSR count). The molecule has 0 unspecified atom stereocenters. The molecule has 1 aliphatic carbocycles. The Morgan fingerprint density at radius 1 is 1.08 bits per heavy atom. The third kappa shape index (κ3) is 4.13. The van der Waals surface area contributed by atoms with Crippen molar-refractivity contribution in [2.24, 2.45) is 11.8 Å². The highest BCUT2D eigenvalue weighted by molar-refractivity contribution is 5.42. The van der Waals surface area contributed by atoms with E-state index >= 15 is 0 Å². The van der Waals surface area contributed by atoms with E-state index in [0.29, 0.717) is 17.8 Å². The molecule has 1 saturated carbocycles. The summed E-state index contributed by atoms with van der Waals surface area (Å²) in [7, 11) is 2.21. The molecule has 3 heterocycles. The van der Waals surface area contributed by atoms with E-state index in [1.165, 1.54) is 38.0 Å². The van der Waals surface area contributed by atoms with Crippen LogP contribution in [0.5, 0.6) is 0 Å². The molecule has 1 N–H and O–H groups in total. The van der Waals surface area contributed by atoms with E-state index in [9.17, 15) is 5.11 Å². The summed E-state index contributed by atoms with van der Waals surface area (Å²) in [5.74, 6) is 2.57. The zero-order valence-corrected chi connectivity index (χ0v) is 15.3. The van der Waals surface area contributed by atoms with Crippen molar-refractivity contribution in [3.63, 3.8) is 0 Å². The standard InChI is InChI=1S/C19H31N5O/c1-22-5-2-6-23(8-7-22)10-16-11-24(12-17(16)13-25)19-9-18(15-3-4-15)20-14-21-19/h9,14-17,25H,2-8,10-13H2,1H3/t16-,17-/m1/s1. The average Bonchev–Trinajstić information content (AvgIpc) is 3.42. The van der Waals surface area contributed by atoms with Gasteiger partial charge in [-0.25, -0.2) is 9.97 Å². The number of hydrogen-bond acceptors (Lipinski definition) is 6. The van der Waals surface area contributed by atoms with E-state index in [4.69, 9.17) is 0 Å². The maximum absolute atomic E-state index is 9.89. The van der Waals surface area contributed by atoms with Crippen molar-refractivity contribution in [3.05, 3.63) is 18.1 Å². The minimum atomic E-state index is 0.273. The van der Waals surface area contributed by atoms with Crippen LogP contribution in [0.25, 0.3) is 0 Å². The summed E-state index contributed by atoms with van der Waals surface area (Å²) in [6.45, 7) is 7.95. The van der Waals surface area contributed by atoms with E-state index in [1.54, 1.807) is 6.33 Å². The molecule has 6 nitrogen and oxygen atoms in total. The molecule has 2 atom stereocenters. The molecular weight excluding hydrogens is 314 g/mol. The molecule has 0 aromatic carbocycles. The smallest absolute Gasteiger partial charge is 0.132 e. The zero-order chi connectivity index (χ0) is 17.2. The van der Waals surface area contributed by atoms with E-state index in [2.05, 4.69) is 37.8 Å². The van der Waals surface area contributed by atoms with Gasteiger partial charge in [0.05, 0.1) is 0 Å². The van der Waals surface area contributed by atoms with Gasteiger partial charge in [-0.2, -0.15) is 0 Å². The molecule has 3 fully saturated rings. The summed E-state index contributed by atoms with van der Waals surface area (Å²) in [4.78, 5) is 16.3. The molecular formula is C19H31N5O. The molecule has 6 heteroatoms. The number of anilines is 1. The lowest BCUT2D eigenvalue weighted by Gasteiger charge is -2.26. The second kappa shape index (κ2) is 7.56. The fourth-order valence-electron chi connectivity index (χ4n) is 4.29. The third-order valence-electron chi connectivity index (χ3n) is 6.11. The molecule has 2 aliphatic heterocycles. The van der Waals surface area contributed by atoms with Gasteiger partial charge in [0.2, 0.25) is 0 Å². The van der Waals surface area contributed by atoms with E-state index in [1.807, 2.05) is 0 Å². The molecule has 0 bridgehead atoms. The summed E-state index contributed by atoms with van der Waals surface area (Å²) in [5.41, 5.74) is 1.20. The summed E-state index contributed by atoms with van der Waals surface area (Å²) < 4.78 is 0. The first-order valence-corrected chi connectivity index (χ1v) is 9.81. The molecule has 3 aliphatic rings. The number of aliphatic hydroxyl groups excluding tert-OH is 1. The van der Waals surface area contributed by atoms with Crippen molar-refractivity contribution in [3.8, 4) is 0 Å². The van der Waals surface area contributed by atoms with Crippen LogP contribution in [0.1, 0.15) is 30.9 Å². The molecule has 0 radical (unpaired) electrons. The number of likely N-dealkylation sites (N-methyl/N-ethyl adjacent to an activating group) is 1. The highest BCUT2D eigenvalue weighted by Gasteiger charge is 2.35. The Morgan fingerprint density at radius 3 is 2.72 bits per heavy atom.